The van der Waals surface area contributed by atoms with Gasteiger partial charge in [0.25, 0.3) is 0 Å². The molecule has 2 aliphatic carbocycles. The molecule has 44 heavy (non-hydrogen) atoms. The maximum atomic E-state index is 15.5. The molecule has 0 saturated heterocycles. The van der Waals surface area contributed by atoms with Crippen molar-refractivity contribution in [3.8, 4) is 0 Å². The average molecular weight is 603 g/mol. The van der Waals surface area contributed by atoms with E-state index in [9.17, 15) is 10.2 Å². The Morgan fingerprint density at radius 3 is 2.11 bits per heavy atom. The van der Waals surface area contributed by atoms with Crippen LogP contribution < -0.4 is 0 Å². The Morgan fingerprint density at radius 2 is 1.57 bits per heavy atom. The number of ketones is 3. The monoisotopic (exact) mass is 602 g/mol. The summed E-state index contributed by atoms with van der Waals surface area (Å²) in [5.41, 5.74) is -2.57. The summed E-state index contributed by atoms with van der Waals surface area (Å²) in [6.45, 7) is 16.9. The molecule has 0 spiro atoms. The molecule has 1 saturated carbocycles. The third kappa shape index (κ3) is 5.28. The fourth-order valence-corrected chi connectivity index (χ4v) is 7.79. The number of rotatable bonds is 10. The van der Waals surface area contributed by atoms with Crippen LogP contribution >= 0.6 is 0 Å². The minimum atomic E-state index is -2.09. The molecule has 6 atom stereocenters. The molecule has 2 N–H and O–H groups in total. The lowest BCUT2D eigenvalue weighted by Gasteiger charge is -2.60. The average Bonchev–Trinajstić information content (AvgIpc) is 3.30. The first-order valence-electron chi connectivity index (χ1n) is 15.9. The van der Waals surface area contributed by atoms with Gasteiger partial charge in [0, 0.05) is 5.56 Å². The van der Waals surface area contributed by atoms with Gasteiger partial charge in [-0.3, -0.25) is 14.4 Å². The van der Waals surface area contributed by atoms with E-state index in [0.717, 1.165) is 16.7 Å². The number of hydrogen-bond acceptors (Lipinski definition) is 6. The van der Waals surface area contributed by atoms with Crippen molar-refractivity contribution in [1.82, 2.24) is 0 Å². The van der Waals surface area contributed by atoms with Crippen molar-refractivity contribution in [1.29, 1.82) is 0 Å². The zero-order valence-electron chi connectivity index (χ0n) is 27.9. The van der Waals surface area contributed by atoms with Crippen LogP contribution in [0.15, 0.2) is 76.6 Å². The van der Waals surface area contributed by atoms with Crippen molar-refractivity contribution in [3.05, 3.63) is 82.2 Å². The number of aliphatic hydroxyl groups excluding tert-OH is 1. The highest BCUT2D eigenvalue weighted by atomic mass is 16.5. The van der Waals surface area contributed by atoms with Gasteiger partial charge in [-0.2, -0.15) is 0 Å². The molecule has 6 heteroatoms. The highest BCUT2D eigenvalue weighted by molar-refractivity contribution is 6.36. The van der Waals surface area contributed by atoms with E-state index in [0.29, 0.717) is 25.7 Å². The summed E-state index contributed by atoms with van der Waals surface area (Å²) < 4.78 is 6.36. The molecule has 1 aromatic carbocycles. The van der Waals surface area contributed by atoms with Crippen LogP contribution in [0.4, 0.5) is 0 Å². The van der Waals surface area contributed by atoms with Crippen molar-refractivity contribution < 1.29 is 29.3 Å². The molecule has 3 aliphatic rings. The fraction of sp³-hybridized carbons (Fsp3) is 0.553. The Hall–Kier alpha value is -3.09. The molecule has 0 radical (unpaired) electrons. The lowest BCUT2D eigenvalue weighted by Crippen LogP contribution is -2.70. The van der Waals surface area contributed by atoms with E-state index >= 15 is 14.4 Å². The first kappa shape index (κ1) is 33.8. The minimum Gasteiger partial charge on any atom is -0.487 e. The Bertz CT molecular complexity index is 1440. The summed E-state index contributed by atoms with van der Waals surface area (Å²) in [4.78, 5) is 45.9. The first-order chi connectivity index (χ1) is 20.4. The zero-order valence-corrected chi connectivity index (χ0v) is 27.9. The largest absolute Gasteiger partial charge is 0.487 e. The van der Waals surface area contributed by atoms with Crippen LogP contribution in [-0.4, -0.2) is 45.4 Å². The van der Waals surface area contributed by atoms with Gasteiger partial charge in [-0.15, -0.1) is 0 Å². The molecule has 0 aromatic heterocycles. The number of Topliss-reactive ketones (excluding diaryl/α,β-unsaturated/α-hetero) is 3. The van der Waals surface area contributed by atoms with E-state index in [1.54, 1.807) is 30.3 Å². The van der Waals surface area contributed by atoms with Crippen LogP contribution in [0.3, 0.4) is 0 Å². The van der Waals surface area contributed by atoms with Gasteiger partial charge in [0.2, 0.25) is 0 Å². The van der Waals surface area contributed by atoms with Crippen molar-refractivity contribution in [2.45, 2.75) is 112 Å². The van der Waals surface area contributed by atoms with Gasteiger partial charge in [0.05, 0.1) is 16.6 Å². The van der Waals surface area contributed by atoms with Crippen LogP contribution in [0, 0.1) is 22.2 Å². The second kappa shape index (κ2) is 12.0. The molecule has 1 aromatic rings. The van der Waals surface area contributed by atoms with Crippen molar-refractivity contribution in [2.75, 3.05) is 0 Å². The molecule has 6 nitrogen and oxygen atoms in total. The summed E-state index contributed by atoms with van der Waals surface area (Å²) in [6.07, 6.45) is 5.72. The summed E-state index contributed by atoms with van der Waals surface area (Å²) in [7, 11) is 0. The summed E-state index contributed by atoms with van der Waals surface area (Å²) in [6, 6.07) is 8.61. The standard InChI is InChI=1S/C38H50O6/c1-23(2)14-13-20-36(9)27(18-17-24(3)4)22-37(21-19-25(5)6)32-28(29(39)33(44-32)35(7,8)43)31(41)38(36,34(37)42)30(40)26-15-11-10-12-16-26/h10-12,14-17,19,27,29,33,39,43H,13,18,20-22H2,1-9H3/t27-,29+,33-,36+,37+,38-/m0/s1. The SMILES string of the molecule is CC(C)=CCC[C@]1(C)[C@@H](CC=C(C)C)C[C@@]2(CC=C(C)C)C(=O)[C@]1(C(=O)c1ccccc1)C(=O)C1=C2O[C@H](C(C)(C)O)[C@@H]1O. The van der Waals surface area contributed by atoms with Crippen LogP contribution in [0.1, 0.15) is 105 Å². The Kier molecular flexibility index (Phi) is 9.23. The zero-order chi connectivity index (χ0) is 32.8. The van der Waals surface area contributed by atoms with Crippen LogP contribution in [0.5, 0.6) is 0 Å². The highest BCUT2D eigenvalue weighted by Crippen LogP contribution is 2.69. The van der Waals surface area contributed by atoms with Gasteiger partial charge in [-0.25, -0.2) is 0 Å². The Balaban J connectivity index is 2.14. The van der Waals surface area contributed by atoms with E-state index in [-0.39, 0.29) is 29.2 Å². The van der Waals surface area contributed by atoms with Gasteiger partial charge in [0.1, 0.15) is 11.9 Å². The van der Waals surface area contributed by atoms with E-state index in [1.165, 1.54) is 13.8 Å². The second-order valence-electron chi connectivity index (χ2n) is 14.7. The molecular formula is C38H50O6. The molecule has 0 amide bonds. The fourth-order valence-electron chi connectivity index (χ4n) is 7.79. The lowest BCUT2D eigenvalue weighted by molar-refractivity contribution is -0.168. The predicted octanol–water partition coefficient (Wildman–Crippen LogP) is 7.26. The minimum absolute atomic E-state index is 0.0303. The molecule has 238 valence electrons. The van der Waals surface area contributed by atoms with E-state index < -0.39 is 51.4 Å². The molecule has 1 fully saturated rings. The van der Waals surface area contributed by atoms with Gasteiger partial charge in [0.15, 0.2) is 28.9 Å². The number of ether oxygens (including phenoxy) is 1. The number of hydrogen-bond donors (Lipinski definition) is 2. The number of fused-ring (bicyclic) bond motifs is 3. The number of benzene rings is 1. The summed E-state index contributed by atoms with van der Waals surface area (Å²) in [5.74, 6) is -1.76. The van der Waals surface area contributed by atoms with Crippen LogP contribution in [0.2, 0.25) is 0 Å². The Labute approximate surface area is 263 Å². The third-order valence-electron chi connectivity index (χ3n) is 10.2. The van der Waals surface area contributed by atoms with Crippen molar-refractivity contribution in [2.24, 2.45) is 22.2 Å². The van der Waals surface area contributed by atoms with Crippen molar-refractivity contribution in [3.63, 3.8) is 0 Å². The van der Waals surface area contributed by atoms with Gasteiger partial charge >= 0.3 is 0 Å². The maximum Gasteiger partial charge on any atom is 0.187 e. The molecule has 2 bridgehead atoms. The van der Waals surface area contributed by atoms with E-state index in [4.69, 9.17) is 4.74 Å². The van der Waals surface area contributed by atoms with Gasteiger partial charge in [-0.1, -0.05) is 72.2 Å². The Morgan fingerprint density at radius 1 is 0.977 bits per heavy atom. The molecule has 1 aliphatic heterocycles. The van der Waals surface area contributed by atoms with Crippen LogP contribution in [0.25, 0.3) is 0 Å². The molecule has 4 rings (SSSR count). The number of carbonyl (C=O) groups excluding carboxylic acids is 3. The maximum absolute atomic E-state index is 15.5. The molecule has 1 heterocycles. The number of allylic oxidation sites excluding steroid dienone is 7. The number of carbonyl (C=O) groups is 3. The van der Waals surface area contributed by atoms with E-state index in [2.05, 4.69) is 12.2 Å². The summed E-state index contributed by atoms with van der Waals surface area (Å²) in [5, 5.41) is 22.8. The normalized spacial score (nSPS) is 31.2. The predicted molar refractivity (Wildman–Crippen MR) is 173 cm³/mol. The van der Waals surface area contributed by atoms with Gasteiger partial charge in [-0.05, 0) is 98.8 Å². The van der Waals surface area contributed by atoms with Crippen LogP contribution in [-0.2, 0) is 14.3 Å². The van der Waals surface area contributed by atoms with Crippen molar-refractivity contribution >= 4 is 17.3 Å². The highest BCUT2D eigenvalue weighted by Gasteiger charge is 2.78. The molecular weight excluding hydrogens is 552 g/mol. The number of aliphatic hydroxyl groups is 2. The first-order valence-corrected chi connectivity index (χ1v) is 15.9. The van der Waals surface area contributed by atoms with Gasteiger partial charge < -0.3 is 14.9 Å². The topological polar surface area (TPSA) is 101 Å². The summed E-state index contributed by atoms with van der Waals surface area (Å²) >= 11 is 0. The smallest absolute Gasteiger partial charge is 0.187 e. The quantitative estimate of drug-likeness (QED) is 0.166. The van der Waals surface area contributed by atoms with E-state index in [1.807, 2.05) is 54.5 Å². The molecule has 0 unspecified atom stereocenters. The third-order valence-corrected chi connectivity index (χ3v) is 10.2. The second-order valence-corrected chi connectivity index (χ2v) is 14.7. The lowest BCUT2D eigenvalue weighted by atomic mass is 9.38.